The smallest absolute Gasteiger partial charge is 0.258 e. The van der Waals surface area contributed by atoms with Crippen molar-refractivity contribution in [3.63, 3.8) is 0 Å². The van der Waals surface area contributed by atoms with Crippen molar-refractivity contribution in [3.8, 4) is 0 Å². The molecule has 1 heterocycles. The SMILES string of the molecule is CCNC(=O)C1CCCNNC(=O)/C=C\C(=O)N[C@@H](CCC(N)=O)C(=O)N[C@@H](CC2CCCCC2)C(=O)N[C@H](Cc2ccc(C(=O)c3ccccc3)cc2)C(=O)NCCCCN1. The van der Waals surface area contributed by atoms with Crippen molar-refractivity contribution in [1.82, 2.24) is 42.8 Å². The molecule has 17 nitrogen and oxygen atoms in total. The van der Waals surface area contributed by atoms with Gasteiger partial charge in [0.1, 0.15) is 18.1 Å². The summed E-state index contributed by atoms with van der Waals surface area (Å²) in [4.78, 5) is 105. The molecule has 7 amide bonds. The van der Waals surface area contributed by atoms with Crippen LogP contribution in [0.1, 0.15) is 105 Å². The van der Waals surface area contributed by atoms with E-state index in [4.69, 9.17) is 5.73 Å². The first-order valence-corrected chi connectivity index (χ1v) is 21.8. The first-order chi connectivity index (χ1) is 29.9. The molecule has 0 spiro atoms. The van der Waals surface area contributed by atoms with E-state index in [1.54, 1.807) is 48.5 Å². The Morgan fingerprint density at radius 1 is 0.677 bits per heavy atom. The van der Waals surface area contributed by atoms with Crippen LogP contribution in [-0.4, -0.2) is 97.5 Å². The molecule has 1 aliphatic carbocycles. The lowest BCUT2D eigenvalue weighted by atomic mass is 9.84. The molecule has 1 saturated carbocycles. The number of benzene rings is 2. The third-order valence-corrected chi connectivity index (χ3v) is 10.9. The average molecular weight is 858 g/mol. The van der Waals surface area contributed by atoms with E-state index in [-0.39, 0.29) is 49.8 Å². The van der Waals surface area contributed by atoms with Crippen LogP contribution in [0.5, 0.6) is 0 Å². The van der Waals surface area contributed by atoms with Crippen molar-refractivity contribution >= 4 is 47.1 Å². The maximum atomic E-state index is 14.3. The highest BCUT2D eigenvalue weighted by Gasteiger charge is 2.32. The summed E-state index contributed by atoms with van der Waals surface area (Å²) in [6.07, 6.45) is 8.71. The minimum atomic E-state index is -1.29. The topological polar surface area (TPSA) is 259 Å². The fraction of sp³-hybridized carbons (Fsp3) is 0.511. The summed E-state index contributed by atoms with van der Waals surface area (Å²) in [6, 6.07) is 11.7. The zero-order valence-electron chi connectivity index (χ0n) is 35.6. The number of hydrazine groups is 1. The van der Waals surface area contributed by atoms with Crippen molar-refractivity contribution in [1.29, 1.82) is 0 Å². The van der Waals surface area contributed by atoms with Crippen LogP contribution >= 0.6 is 0 Å². The second-order valence-electron chi connectivity index (χ2n) is 15.8. The predicted octanol–water partition coefficient (Wildman–Crippen LogP) is 1.11. The number of primary amides is 1. The second kappa shape index (κ2) is 26.4. The number of carbonyl (C=O) groups is 8. The third kappa shape index (κ3) is 17.2. The van der Waals surface area contributed by atoms with Gasteiger partial charge in [0.25, 0.3) is 5.91 Å². The summed E-state index contributed by atoms with van der Waals surface area (Å²) in [5, 5.41) is 17.3. The van der Waals surface area contributed by atoms with E-state index in [1.807, 2.05) is 13.0 Å². The highest BCUT2D eigenvalue weighted by Crippen LogP contribution is 2.27. The van der Waals surface area contributed by atoms with E-state index in [1.165, 1.54) is 0 Å². The van der Waals surface area contributed by atoms with Gasteiger partial charge in [0.2, 0.25) is 35.4 Å². The van der Waals surface area contributed by atoms with Crippen molar-refractivity contribution < 1.29 is 38.4 Å². The molecule has 0 saturated heterocycles. The van der Waals surface area contributed by atoms with Crippen LogP contribution in [0.2, 0.25) is 0 Å². The van der Waals surface area contributed by atoms with Gasteiger partial charge in [-0.15, -0.1) is 0 Å². The summed E-state index contributed by atoms with van der Waals surface area (Å²) >= 11 is 0. The Bertz CT molecular complexity index is 1850. The molecule has 0 aromatic heterocycles. The minimum absolute atomic E-state index is 0.0727. The average Bonchev–Trinajstić information content (AvgIpc) is 3.27. The van der Waals surface area contributed by atoms with E-state index < -0.39 is 59.6 Å². The minimum Gasteiger partial charge on any atom is -0.370 e. The fourth-order valence-corrected chi connectivity index (χ4v) is 7.52. The van der Waals surface area contributed by atoms with Crippen LogP contribution < -0.4 is 48.5 Å². The van der Waals surface area contributed by atoms with Crippen LogP contribution in [0, 0.1) is 5.92 Å². The number of amides is 7. The molecule has 0 bridgehead atoms. The lowest BCUT2D eigenvalue weighted by Crippen LogP contribution is -2.57. The molecule has 10 N–H and O–H groups in total. The third-order valence-electron chi connectivity index (χ3n) is 10.9. The summed E-state index contributed by atoms with van der Waals surface area (Å²) < 4.78 is 0. The van der Waals surface area contributed by atoms with Crippen LogP contribution in [0.15, 0.2) is 66.7 Å². The molecule has 17 heteroatoms. The van der Waals surface area contributed by atoms with E-state index in [2.05, 4.69) is 42.8 Å². The molecule has 2 aliphatic rings. The van der Waals surface area contributed by atoms with Crippen molar-refractivity contribution in [2.45, 2.75) is 115 Å². The Hall–Kier alpha value is -5.94. The molecular formula is C45H63N9O8. The van der Waals surface area contributed by atoms with Crippen LogP contribution in [0.3, 0.4) is 0 Å². The number of hydrogen-bond donors (Lipinski definition) is 9. The summed E-state index contributed by atoms with van der Waals surface area (Å²) in [5.74, 6) is -4.13. The predicted molar refractivity (Wildman–Crippen MR) is 233 cm³/mol. The summed E-state index contributed by atoms with van der Waals surface area (Å²) in [5.41, 5.74) is 12.3. The normalized spacial score (nSPS) is 22.8. The number of nitrogens with two attached hydrogens (primary N) is 1. The van der Waals surface area contributed by atoms with E-state index in [9.17, 15) is 38.4 Å². The van der Waals surface area contributed by atoms with Gasteiger partial charge in [-0.05, 0) is 63.5 Å². The zero-order valence-corrected chi connectivity index (χ0v) is 35.6. The van der Waals surface area contributed by atoms with E-state index in [0.717, 1.165) is 44.3 Å². The Morgan fingerprint density at radius 3 is 2.05 bits per heavy atom. The summed E-state index contributed by atoms with van der Waals surface area (Å²) in [7, 11) is 0. The lowest BCUT2D eigenvalue weighted by Gasteiger charge is -2.29. The molecule has 2 aromatic carbocycles. The van der Waals surface area contributed by atoms with Gasteiger partial charge in [0.05, 0.1) is 6.04 Å². The first-order valence-electron chi connectivity index (χ1n) is 21.8. The van der Waals surface area contributed by atoms with Crippen molar-refractivity contribution in [3.05, 3.63) is 83.4 Å². The van der Waals surface area contributed by atoms with Crippen molar-refractivity contribution in [2.24, 2.45) is 11.7 Å². The molecule has 1 fully saturated rings. The number of ketones is 1. The molecule has 1 unspecified atom stereocenters. The van der Waals surface area contributed by atoms with Gasteiger partial charge in [-0.25, -0.2) is 5.43 Å². The van der Waals surface area contributed by atoms with Crippen LogP contribution in [0.4, 0.5) is 0 Å². The molecule has 2 aromatic rings. The quantitative estimate of drug-likeness (QED) is 0.146. The number of rotatable bonds is 11. The number of nitrogens with one attached hydrogen (secondary N) is 8. The number of carbonyl (C=O) groups excluding carboxylic acids is 8. The Labute approximate surface area is 363 Å². The Balaban J connectivity index is 1.60. The Kier molecular flexibility index (Phi) is 20.8. The highest BCUT2D eigenvalue weighted by molar-refractivity contribution is 6.09. The lowest BCUT2D eigenvalue weighted by molar-refractivity contribution is -0.134. The van der Waals surface area contributed by atoms with Gasteiger partial charge >= 0.3 is 0 Å². The molecule has 4 rings (SSSR count). The first kappa shape index (κ1) is 48.7. The van der Waals surface area contributed by atoms with Gasteiger partial charge in [0.15, 0.2) is 5.78 Å². The van der Waals surface area contributed by atoms with E-state index in [0.29, 0.717) is 62.0 Å². The van der Waals surface area contributed by atoms with Crippen LogP contribution in [0.25, 0.3) is 0 Å². The van der Waals surface area contributed by atoms with Crippen molar-refractivity contribution in [2.75, 3.05) is 26.2 Å². The highest BCUT2D eigenvalue weighted by atomic mass is 16.2. The zero-order chi connectivity index (χ0) is 44.7. The number of hydrogen-bond acceptors (Lipinski definition) is 10. The van der Waals surface area contributed by atoms with Gasteiger partial charge < -0.3 is 37.6 Å². The summed E-state index contributed by atoms with van der Waals surface area (Å²) in [6.45, 7) is 3.40. The number of likely N-dealkylation sites (N-methyl/N-ethyl adjacent to an activating group) is 1. The molecular weight excluding hydrogens is 795 g/mol. The van der Waals surface area contributed by atoms with Crippen LogP contribution in [-0.2, 0) is 40.0 Å². The van der Waals surface area contributed by atoms with Gasteiger partial charge in [-0.2, -0.15) is 0 Å². The molecule has 4 atom stereocenters. The maximum Gasteiger partial charge on any atom is 0.258 e. The fourth-order valence-electron chi connectivity index (χ4n) is 7.52. The van der Waals surface area contributed by atoms with Gasteiger partial charge in [-0.3, -0.25) is 43.8 Å². The Morgan fingerprint density at radius 2 is 1.34 bits per heavy atom. The van der Waals surface area contributed by atoms with Gasteiger partial charge in [0, 0.05) is 55.8 Å². The van der Waals surface area contributed by atoms with E-state index >= 15 is 0 Å². The largest absolute Gasteiger partial charge is 0.370 e. The molecule has 62 heavy (non-hydrogen) atoms. The molecule has 0 radical (unpaired) electrons. The molecule has 1 aliphatic heterocycles. The molecule has 336 valence electrons. The second-order valence-corrected chi connectivity index (χ2v) is 15.8. The maximum absolute atomic E-state index is 14.3. The standard InChI is InChI=1S/C45H63N9O8/c1-2-47-42(59)34-16-11-27-50-54-40(57)24-23-39(56)51-35(21-22-38(46)55)44(61)53-37(28-30-12-5-3-6-13-30)45(62)52-36(43(60)49-26-10-9-25-48-34)29-31-17-19-33(20-18-31)41(58)32-14-7-4-8-15-32/h4,7-8,14-15,17-20,23-24,30,34-37,48,50H,2-3,5-6,9-13,16,21-22,25-29H2,1H3,(H2,46,55)(H,47,59)(H,49,60)(H,51,56)(H,52,62)(H,53,61)(H,54,57)/b24-23-/t34?,35-,36+,37-/m0/s1. The monoisotopic (exact) mass is 857 g/mol. The van der Waals surface area contributed by atoms with Gasteiger partial charge in [-0.1, -0.05) is 86.7 Å².